The van der Waals surface area contributed by atoms with Crippen LogP contribution in [0.3, 0.4) is 0 Å². The molecule has 0 amide bonds. The topological polar surface area (TPSA) is 25.8 Å². The van der Waals surface area contributed by atoms with Gasteiger partial charge < -0.3 is 0 Å². The molecular weight excluding hydrogens is 280 g/mol. The molecule has 0 saturated heterocycles. The third kappa shape index (κ3) is 3.07. The summed E-state index contributed by atoms with van der Waals surface area (Å²) < 4.78 is 0. The molecule has 0 N–H and O–H groups in total. The predicted octanol–water partition coefficient (Wildman–Crippen LogP) is 5.43. The van der Waals surface area contributed by atoms with Crippen molar-refractivity contribution in [3.05, 3.63) is 84.8 Å². The van der Waals surface area contributed by atoms with E-state index in [9.17, 15) is 0 Å². The van der Waals surface area contributed by atoms with Crippen LogP contribution < -0.4 is 0 Å². The molecule has 0 radical (unpaired) electrons. The molecule has 0 fully saturated rings. The molecule has 0 spiro atoms. The fourth-order valence-corrected chi connectivity index (χ4v) is 2.73. The Morgan fingerprint density at radius 2 is 2.00 bits per heavy atom. The Bertz CT molecular complexity index is 867. The SMILES string of the molecule is C=C/C=C(\C=C)c1nc2cc(C)ccc2nc1C1=CCCC=C1. The highest BCUT2D eigenvalue weighted by Gasteiger charge is 2.15. The van der Waals surface area contributed by atoms with Crippen LogP contribution >= 0.6 is 0 Å². The zero-order valence-corrected chi connectivity index (χ0v) is 13.4. The lowest BCUT2D eigenvalue weighted by Crippen LogP contribution is -2.02. The van der Waals surface area contributed by atoms with Gasteiger partial charge in [-0.15, -0.1) is 0 Å². The molecule has 0 bridgehead atoms. The summed E-state index contributed by atoms with van der Waals surface area (Å²) in [6, 6.07) is 6.16. The van der Waals surface area contributed by atoms with Crippen molar-refractivity contribution in [3.8, 4) is 0 Å². The first-order valence-electron chi connectivity index (χ1n) is 7.84. The average Bonchev–Trinajstić information content (AvgIpc) is 2.59. The van der Waals surface area contributed by atoms with Crippen LogP contribution in [0.2, 0.25) is 0 Å². The normalized spacial score (nSPS) is 14.7. The lowest BCUT2D eigenvalue weighted by atomic mass is 9.99. The minimum absolute atomic E-state index is 0.857. The first kappa shape index (κ1) is 15.2. The zero-order chi connectivity index (χ0) is 16.2. The number of benzene rings is 1. The van der Waals surface area contributed by atoms with Gasteiger partial charge in [0.05, 0.1) is 22.4 Å². The van der Waals surface area contributed by atoms with E-state index in [1.54, 1.807) is 6.08 Å². The van der Waals surface area contributed by atoms with Crippen molar-refractivity contribution in [2.75, 3.05) is 0 Å². The largest absolute Gasteiger partial charge is 0.244 e. The highest BCUT2D eigenvalue weighted by molar-refractivity contribution is 5.88. The molecule has 2 heteroatoms. The average molecular weight is 300 g/mol. The summed E-state index contributed by atoms with van der Waals surface area (Å²) in [4.78, 5) is 9.76. The second-order valence-corrected chi connectivity index (χ2v) is 5.61. The van der Waals surface area contributed by atoms with Gasteiger partial charge in [-0.3, -0.25) is 0 Å². The summed E-state index contributed by atoms with van der Waals surface area (Å²) >= 11 is 0. The van der Waals surface area contributed by atoms with Gasteiger partial charge in [0.1, 0.15) is 0 Å². The molecule has 1 aromatic heterocycles. The molecule has 0 atom stereocenters. The molecular formula is C21H20N2. The van der Waals surface area contributed by atoms with Gasteiger partial charge in [-0.05, 0) is 43.0 Å². The van der Waals surface area contributed by atoms with Crippen LogP contribution in [0.1, 0.15) is 29.8 Å². The molecule has 1 heterocycles. The standard InChI is InChI=1S/C21H20N2/c1-4-9-16(5-2)20-21(17-10-7-6-8-11-17)22-18-13-12-15(3)14-19(18)23-20/h4-5,7,9-14H,1-2,6,8H2,3H3/b16-9+. The van der Waals surface area contributed by atoms with Gasteiger partial charge in [0.25, 0.3) is 0 Å². The molecule has 1 aliphatic rings. The monoisotopic (exact) mass is 300 g/mol. The number of rotatable bonds is 4. The van der Waals surface area contributed by atoms with E-state index in [1.807, 2.05) is 18.2 Å². The quantitative estimate of drug-likeness (QED) is 0.704. The Kier molecular flexibility index (Phi) is 4.33. The smallest absolute Gasteiger partial charge is 0.0972 e. The second kappa shape index (κ2) is 6.57. The van der Waals surface area contributed by atoms with Crippen LogP contribution in [0, 0.1) is 6.92 Å². The lowest BCUT2D eigenvalue weighted by molar-refractivity contribution is 1.04. The molecule has 0 aliphatic heterocycles. The zero-order valence-electron chi connectivity index (χ0n) is 13.4. The highest BCUT2D eigenvalue weighted by atomic mass is 14.8. The molecule has 1 aliphatic carbocycles. The highest BCUT2D eigenvalue weighted by Crippen LogP contribution is 2.29. The summed E-state index contributed by atoms with van der Waals surface area (Å²) in [5.74, 6) is 0. The molecule has 2 aromatic rings. The summed E-state index contributed by atoms with van der Waals surface area (Å²) in [6.07, 6.45) is 14.1. The van der Waals surface area contributed by atoms with E-state index >= 15 is 0 Å². The Morgan fingerprint density at radius 1 is 1.13 bits per heavy atom. The van der Waals surface area contributed by atoms with Gasteiger partial charge in [-0.1, -0.05) is 55.7 Å². The van der Waals surface area contributed by atoms with Gasteiger partial charge in [0, 0.05) is 5.57 Å². The number of hydrogen-bond donors (Lipinski definition) is 0. The third-order valence-corrected chi connectivity index (χ3v) is 3.88. The van der Waals surface area contributed by atoms with E-state index in [-0.39, 0.29) is 0 Å². The molecule has 1 aromatic carbocycles. The van der Waals surface area contributed by atoms with Crippen LogP contribution in [0.25, 0.3) is 22.2 Å². The van der Waals surface area contributed by atoms with Crippen LogP contribution in [0.4, 0.5) is 0 Å². The van der Waals surface area contributed by atoms with E-state index in [4.69, 9.17) is 9.97 Å². The minimum atomic E-state index is 0.857. The van der Waals surface area contributed by atoms with Gasteiger partial charge in [0.2, 0.25) is 0 Å². The van der Waals surface area contributed by atoms with Crippen molar-refractivity contribution >= 4 is 22.2 Å². The summed E-state index contributed by atoms with van der Waals surface area (Å²) in [5, 5.41) is 0. The second-order valence-electron chi connectivity index (χ2n) is 5.61. The molecule has 114 valence electrons. The Hall–Kier alpha value is -2.74. The summed E-state index contributed by atoms with van der Waals surface area (Å²) in [7, 11) is 0. The molecule has 0 unspecified atom stereocenters. The lowest BCUT2D eigenvalue weighted by Gasteiger charge is -2.13. The molecule has 0 saturated carbocycles. The first-order chi connectivity index (χ1) is 11.2. The van der Waals surface area contributed by atoms with Crippen LogP contribution in [-0.2, 0) is 0 Å². The molecule has 2 nitrogen and oxygen atoms in total. The van der Waals surface area contributed by atoms with E-state index in [1.165, 1.54) is 5.56 Å². The van der Waals surface area contributed by atoms with Gasteiger partial charge in [-0.2, -0.15) is 0 Å². The van der Waals surface area contributed by atoms with Gasteiger partial charge in [-0.25, -0.2) is 9.97 Å². The summed E-state index contributed by atoms with van der Waals surface area (Å²) in [5.41, 5.74) is 6.82. The van der Waals surface area contributed by atoms with E-state index < -0.39 is 0 Å². The Morgan fingerprint density at radius 3 is 2.70 bits per heavy atom. The number of hydrogen-bond acceptors (Lipinski definition) is 2. The van der Waals surface area contributed by atoms with Crippen LogP contribution in [-0.4, -0.2) is 9.97 Å². The predicted molar refractivity (Wildman–Crippen MR) is 99.0 cm³/mol. The maximum atomic E-state index is 4.89. The van der Waals surface area contributed by atoms with Crippen LogP contribution in [0.5, 0.6) is 0 Å². The summed E-state index contributed by atoms with van der Waals surface area (Å²) in [6.45, 7) is 9.77. The van der Waals surface area contributed by atoms with Crippen molar-refractivity contribution in [1.82, 2.24) is 9.97 Å². The maximum Gasteiger partial charge on any atom is 0.0972 e. The van der Waals surface area contributed by atoms with E-state index in [2.05, 4.69) is 50.4 Å². The van der Waals surface area contributed by atoms with Crippen molar-refractivity contribution < 1.29 is 0 Å². The molecule has 3 rings (SSSR count). The fourth-order valence-electron chi connectivity index (χ4n) is 2.73. The van der Waals surface area contributed by atoms with Crippen LogP contribution in [0.15, 0.2) is 67.8 Å². The van der Waals surface area contributed by atoms with Crippen molar-refractivity contribution in [2.24, 2.45) is 0 Å². The number of fused-ring (bicyclic) bond motifs is 1. The maximum absolute atomic E-state index is 4.89. The van der Waals surface area contributed by atoms with Crippen molar-refractivity contribution in [2.45, 2.75) is 19.8 Å². The third-order valence-electron chi connectivity index (χ3n) is 3.88. The van der Waals surface area contributed by atoms with E-state index in [0.717, 1.165) is 46.4 Å². The number of aromatic nitrogens is 2. The minimum Gasteiger partial charge on any atom is -0.244 e. The van der Waals surface area contributed by atoms with Gasteiger partial charge >= 0.3 is 0 Å². The number of allylic oxidation sites excluding steroid dienone is 8. The van der Waals surface area contributed by atoms with Crippen molar-refractivity contribution in [1.29, 1.82) is 0 Å². The van der Waals surface area contributed by atoms with Crippen molar-refractivity contribution in [3.63, 3.8) is 0 Å². The fraction of sp³-hybridized carbons (Fsp3) is 0.143. The number of aryl methyl sites for hydroxylation is 1. The van der Waals surface area contributed by atoms with Gasteiger partial charge in [0.15, 0.2) is 0 Å². The Labute approximate surface area is 137 Å². The Balaban J connectivity index is 2.30. The number of nitrogens with zero attached hydrogens (tertiary/aromatic N) is 2. The first-order valence-corrected chi connectivity index (χ1v) is 7.84. The molecule has 23 heavy (non-hydrogen) atoms. The van der Waals surface area contributed by atoms with E-state index in [0.29, 0.717) is 0 Å².